The van der Waals surface area contributed by atoms with Gasteiger partial charge in [-0.3, -0.25) is 0 Å². The van der Waals surface area contributed by atoms with E-state index in [2.05, 4.69) is 49.3 Å². The summed E-state index contributed by atoms with van der Waals surface area (Å²) in [5.41, 5.74) is 4.03. The van der Waals surface area contributed by atoms with Gasteiger partial charge in [0.1, 0.15) is 5.01 Å². The van der Waals surface area contributed by atoms with E-state index < -0.39 is 0 Å². The highest BCUT2D eigenvalue weighted by Crippen LogP contribution is 2.27. The number of nitrogens with zero attached hydrogens (tertiary/aromatic N) is 1. The van der Waals surface area contributed by atoms with Gasteiger partial charge in [-0.15, -0.1) is 11.3 Å². The number of aryl methyl sites for hydroxylation is 1. The lowest BCUT2D eigenvalue weighted by Crippen LogP contribution is -2.22. The molecule has 0 aliphatic heterocycles. The predicted octanol–water partition coefficient (Wildman–Crippen LogP) is 3.46. The van der Waals surface area contributed by atoms with Crippen LogP contribution in [0.25, 0.3) is 0 Å². The monoisotopic (exact) mass is 246 g/mol. The molecule has 0 radical (unpaired) electrons. The van der Waals surface area contributed by atoms with Crippen molar-refractivity contribution < 1.29 is 0 Å². The van der Waals surface area contributed by atoms with Gasteiger partial charge < -0.3 is 5.32 Å². The number of thiazole rings is 1. The van der Waals surface area contributed by atoms with Gasteiger partial charge in [-0.05, 0) is 37.1 Å². The number of benzene rings is 1. The van der Waals surface area contributed by atoms with Crippen molar-refractivity contribution in [2.24, 2.45) is 0 Å². The standard InChI is InChI=1S/C14H18N2S/c1-4-15-13(14-16-8-9-17-14)12-7-5-6-10(2)11(12)3/h5-9,13,15H,4H2,1-3H3. The molecule has 0 saturated carbocycles. The minimum absolute atomic E-state index is 0.222. The molecule has 0 aliphatic rings. The lowest BCUT2D eigenvalue weighted by Gasteiger charge is -2.19. The highest BCUT2D eigenvalue weighted by atomic mass is 32.1. The van der Waals surface area contributed by atoms with Crippen LogP contribution < -0.4 is 5.32 Å². The van der Waals surface area contributed by atoms with Gasteiger partial charge in [-0.1, -0.05) is 25.1 Å². The van der Waals surface area contributed by atoms with E-state index in [4.69, 9.17) is 0 Å². The molecule has 1 aromatic carbocycles. The van der Waals surface area contributed by atoms with Gasteiger partial charge in [-0.2, -0.15) is 0 Å². The first-order valence-electron chi connectivity index (χ1n) is 5.93. The van der Waals surface area contributed by atoms with E-state index in [0.29, 0.717) is 0 Å². The molecule has 0 fully saturated rings. The van der Waals surface area contributed by atoms with Crippen LogP contribution in [-0.4, -0.2) is 11.5 Å². The first kappa shape index (κ1) is 12.3. The predicted molar refractivity (Wildman–Crippen MR) is 73.5 cm³/mol. The Kier molecular flexibility index (Phi) is 3.92. The molecule has 90 valence electrons. The van der Waals surface area contributed by atoms with Crippen LogP contribution in [0.2, 0.25) is 0 Å². The summed E-state index contributed by atoms with van der Waals surface area (Å²) >= 11 is 1.71. The zero-order valence-corrected chi connectivity index (χ0v) is 11.3. The average Bonchev–Trinajstić information content (AvgIpc) is 2.84. The molecule has 1 unspecified atom stereocenters. The van der Waals surface area contributed by atoms with E-state index in [1.165, 1.54) is 16.7 Å². The van der Waals surface area contributed by atoms with Gasteiger partial charge in [0.2, 0.25) is 0 Å². The molecule has 3 heteroatoms. The van der Waals surface area contributed by atoms with Crippen LogP contribution in [0.1, 0.15) is 34.7 Å². The normalized spacial score (nSPS) is 12.6. The summed E-state index contributed by atoms with van der Waals surface area (Å²) < 4.78 is 0. The van der Waals surface area contributed by atoms with Crippen molar-refractivity contribution in [1.82, 2.24) is 10.3 Å². The van der Waals surface area contributed by atoms with E-state index in [0.717, 1.165) is 11.6 Å². The largest absolute Gasteiger partial charge is 0.305 e. The molecular weight excluding hydrogens is 228 g/mol. The van der Waals surface area contributed by atoms with Crippen LogP contribution in [0.5, 0.6) is 0 Å². The van der Waals surface area contributed by atoms with Crippen molar-refractivity contribution in [2.45, 2.75) is 26.8 Å². The van der Waals surface area contributed by atoms with Gasteiger partial charge in [0.05, 0.1) is 6.04 Å². The molecule has 2 nitrogen and oxygen atoms in total. The number of aromatic nitrogens is 1. The maximum absolute atomic E-state index is 4.44. The summed E-state index contributed by atoms with van der Waals surface area (Å²) in [7, 11) is 0. The van der Waals surface area contributed by atoms with E-state index in [9.17, 15) is 0 Å². The molecule has 0 aliphatic carbocycles. The number of hydrogen-bond acceptors (Lipinski definition) is 3. The number of hydrogen-bond donors (Lipinski definition) is 1. The lowest BCUT2D eigenvalue weighted by atomic mass is 9.98. The van der Waals surface area contributed by atoms with Gasteiger partial charge in [0, 0.05) is 11.6 Å². The maximum Gasteiger partial charge on any atom is 0.114 e. The van der Waals surface area contributed by atoms with Gasteiger partial charge >= 0.3 is 0 Å². The summed E-state index contributed by atoms with van der Waals surface area (Å²) in [6, 6.07) is 6.69. The van der Waals surface area contributed by atoms with Crippen molar-refractivity contribution in [3.05, 3.63) is 51.5 Å². The van der Waals surface area contributed by atoms with Crippen LogP contribution in [0.15, 0.2) is 29.8 Å². The van der Waals surface area contributed by atoms with Crippen molar-refractivity contribution in [3.8, 4) is 0 Å². The molecule has 1 atom stereocenters. The third-order valence-corrected chi connectivity index (χ3v) is 3.90. The third kappa shape index (κ3) is 2.56. The van der Waals surface area contributed by atoms with Crippen LogP contribution in [-0.2, 0) is 0 Å². The molecule has 17 heavy (non-hydrogen) atoms. The van der Waals surface area contributed by atoms with Crippen molar-refractivity contribution >= 4 is 11.3 Å². The minimum Gasteiger partial charge on any atom is -0.305 e. The van der Waals surface area contributed by atoms with E-state index in [1.807, 2.05) is 11.6 Å². The Morgan fingerprint density at radius 3 is 2.82 bits per heavy atom. The second-order valence-corrected chi connectivity index (χ2v) is 5.08. The molecule has 2 rings (SSSR count). The molecule has 1 heterocycles. The highest BCUT2D eigenvalue weighted by molar-refractivity contribution is 7.09. The van der Waals surface area contributed by atoms with E-state index in [1.54, 1.807) is 11.3 Å². The maximum atomic E-state index is 4.44. The highest BCUT2D eigenvalue weighted by Gasteiger charge is 2.17. The lowest BCUT2D eigenvalue weighted by molar-refractivity contribution is 0.623. The summed E-state index contributed by atoms with van der Waals surface area (Å²) in [6.45, 7) is 7.41. The van der Waals surface area contributed by atoms with Crippen LogP contribution in [0.4, 0.5) is 0 Å². The van der Waals surface area contributed by atoms with Crippen LogP contribution >= 0.6 is 11.3 Å². The molecule has 0 spiro atoms. The first-order valence-corrected chi connectivity index (χ1v) is 6.81. The fraction of sp³-hybridized carbons (Fsp3) is 0.357. The summed E-state index contributed by atoms with van der Waals surface area (Å²) in [5, 5.41) is 6.69. The van der Waals surface area contributed by atoms with Gasteiger partial charge in [0.25, 0.3) is 0 Å². The molecule has 0 saturated heterocycles. The fourth-order valence-corrected chi connectivity index (χ4v) is 2.73. The Bertz CT molecular complexity index is 477. The number of rotatable bonds is 4. The third-order valence-electron chi connectivity index (χ3n) is 3.06. The molecule has 0 bridgehead atoms. The summed E-state index contributed by atoms with van der Waals surface area (Å²) in [5.74, 6) is 0. The van der Waals surface area contributed by atoms with Crippen molar-refractivity contribution in [1.29, 1.82) is 0 Å². The SMILES string of the molecule is CCNC(c1nccs1)c1cccc(C)c1C. The molecule has 1 aromatic heterocycles. The van der Waals surface area contributed by atoms with E-state index in [-0.39, 0.29) is 6.04 Å². The Morgan fingerprint density at radius 2 is 2.18 bits per heavy atom. The summed E-state index contributed by atoms with van der Waals surface area (Å²) in [4.78, 5) is 4.44. The summed E-state index contributed by atoms with van der Waals surface area (Å²) in [6.07, 6.45) is 1.87. The van der Waals surface area contributed by atoms with Crippen molar-refractivity contribution in [3.63, 3.8) is 0 Å². The molecule has 2 aromatic rings. The van der Waals surface area contributed by atoms with Crippen LogP contribution in [0, 0.1) is 13.8 Å². The Labute approximate surface area is 107 Å². The Balaban J connectivity index is 2.43. The second-order valence-electron chi connectivity index (χ2n) is 4.15. The number of nitrogens with one attached hydrogen (secondary N) is 1. The molecular formula is C14H18N2S. The zero-order chi connectivity index (χ0) is 12.3. The van der Waals surface area contributed by atoms with Crippen LogP contribution in [0.3, 0.4) is 0 Å². The van der Waals surface area contributed by atoms with Gasteiger partial charge in [0.15, 0.2) is 0 Å². The minimum atomic E-state index is 0.222. The molecule has 0 amide bonds. The fourth-order valence-electron chi connectivity index (χ4n) is 2.00. The smallest absolute Gasteiger partial charge is 0.114 e. The quantitative estimate of drug-likeness (QED) is 0.893. The Morgan fingerprint density at radius 1 is 1.35 bits per heavy atom. The van der Waals surface area contributed by atoms with E-state index >= 15 is 0 Å². The van der Waals surface area contributed by atoms with Gasteiger partial charge in [-0.25, -0.2) is 4.98 Å². The topological polar surface area (TPSA) is 24.9 Å². The van der Waals surface area contributed by atoms with Crippen molar-refractivity contribution in [2.75, 3.05) is 6.54 Å². The first-order chi connectivity index (χ1) is 8.24. The zero-order valence-electron chi connectivity index (χ0n) is 10.5. The Hall–Kier alpha value is -1.19. The average molecular weight is 246 g/mol. The molecule has 1 N–H and O–H groups in total. The second kappa shape index (κ2) is 5.43.